The molecule has 162 valence electrons. The van der Waals surface area contributed by atoms with Crippen molar-refractivity contribution in [2.45, 2.75) is 44.9 Å². The summed E-state index contributed by atoms with van der Waals surface area (Å²) in [5, 5.41) is 5.71. The lowest BCUT2D eigenvalue weighted by Gasteiger charge is -2.37. The van der Waals surface area contributed by atoms with Crippen molar-refractivity contribution in [2.24, 2.45) is 4.99 Å². The van der Waals surface area contributed by atoms with Crippen molar-refractivity contribution < 1.29 is 4.79 Å². The Labute approximate surface area is 180 Å². The maximum absolute atomic E-state index is 12.7. The Morgan fingerprint density at radius 2 is 1.76 bits per heavy atom. The molecule has 0 bridgehead atoms. The van der Waals surface area contributed by atoms with Crippen molar-refractivity contribution in [3.63, 3.8) is 0 Å². The second kappa shape index (κ2) is 10.4. The Hall–Kier alpha value is -1.60. The number of amides is 1. The van der Waals surface area contributed by atoms with Gasteiger partial charge in [0.25, 0.3) is 0 Å². The van der Waals surface area contributed by atoms with Gasteiger partial charge in [-0.05, 0) is 24.3 Å². The molecule has 2 aliphatic heterocycles. The van der Waals surface area contributed by atoms with Crippen LogP contribution in [-0.4, -0.2) is 86.0 Å². The fraction of sp³-hybridized carbons (Fsp3) is 0.727. The molecular weight excluding hydrogens is 382 g/mol. The SMILES string of the molecule is CN=C(NCC(C)(C)c1cccs1)N1CCN(CC(=O)N2CCCCCC2)CC1. The average molecular weight is 420 g/mol. The van der Waals surface area contributed by atoms with E-state index in [1.165, 1.54) is 17.7 Å². The van der Waals surface area contributed by atoms with Gasteiger partial charge in [0.05, 0.1) is 6.54 Å². The molecule has 0 atom stereocenters. The highest BCUT2D eigenvalue weighted by Gasteiger charge is 2.26. The Bertz CT molecular complexity index is 657. The number of likely N-dealkylation sites (tertiary alicyclic amines) is 1. The van der Waals surface area contributed by atoms with Crippen LogP contribution in [0.5, 0.6) is 0 Å². The largest absolute Gasteiger partial charge is 0.355 e. The lowest BCUT2D eigenvalue weighted by molar-refractivity contribution is -0.132. The molecule has 1 amide bonds. The number of nitrogens with zero attached hydrogens (tertiary/aromatic N) is 4. The van der Waals surface area contributed by atoms with E-state index in [0.717, 1.165) is 64.6 Å². The van der Waals surface area contributed by atoms with Crippen molar-refractivity contribution >= 4 is 23.2 Å². The number of rotatable bonds is 5. The third kappa shape index (κ3) is 6.19. The fourth-order valence-electron chi connectivity index (χ4n) is 4.11. The molecule has 2 fully saturated rings. The number of carbonyl (C=O) groups is 1. The lowest BCUT2D eigenvalue weighted by Crippen LogP contribution is -2.55. The Morgan fingerprint density at radius 1 is 1.07 bits per heavy atom. The summed E-state index contributed by atoms with van der Waals surface area (Å²) < 4.78 is 0. The third-order valence-corrected chi connectivity index (χ3v) is 7.31. The summed E-state index contributed by atoms with van der Waals surface area (Å²) in [7, 11) is 1.86. The van der Waals surface area contributed by atoms with Gasteiger partial charge in [0, 0.05) is 63.2 Å². The summed E-state index contributed by atoms with van der Waals surface area (Å²) in [6.45, 7) is 11.5. The minimum atomic E-state index is 0.0749. The molecule has 1 aromatic rings. The number of guanidine groups is 1. The maximum atomic E-state index is 12.7. The second-order valence-electron chi connectivity index (χ2n) is 8.82. The van der Waals surface area contributed by atoms with Gasteiger partial charge in [-0.25, -0.2) is 0 Å². The van der Waals surface area contributed by atoms with E-state index in [0.29, 0.717) is 12.5 Å². The molecule has 0 aliphatic carbocycles. The smallest absolute Gasteiger partial charge is 0.236 e. The summed E-state index contributed by atoms with van der Waals surface area (Å²) in [5.74, 6) is 1.27. The Kier molecular flexibility index (Phi) is 7.95. The van der Waals surface area contributed by atoms with Gasteiger partial charge >= 0.3 is 0 Å². The van der Waals surface area contributed by atoms with Gasteiger partial charge in [0.2, 0.25) is 5.91 Å². The van der Waals surface area contributed by atoms with E-state index >= 15 is 0 Å². The third-order valence-electron chi connectivity index (χ3n) is 6.08. The highest BCUT2D eigenvalue weighted by atomic mass is 32.1. The average Bonchev–Trinajstić information content (AvgIpc) is 3.13. The molecule has 0 aromatic carbocycles. The van der Waals surface area contributed by atoms with E-state index < -0.39 is 0 Å². The first-order valence-electron chi connectivity index (χ1n) is 11.0. The van der Waals surface area contributed by atoms with Crippen LogP contribution in [0.25, 0.3) is 0 Å². The summed E-state index contributed by atoms with van der Waals surface area (Å²) in [6, 6.07) is 4.32. The van der Waals surface area contributed by atoms with Crippen molar-refractivity contribution in [2.75, 3.05) is 59.4 Å². The molecule has 2 aliphatic rings. The molecule has 1 N–H and O–H groups in total. The minimum absolute atomic E-state index is 0.0749. The van der Waals surface area contributed by atoms with Crippen LogP contribution in [0.2, 0.25) is 0 Å². The van der Waals surface area contributed by atoms with Gasteiger partial charge in [-0.2, -0.15) is 0 Å². The van der Waals surface area contributed by atoms with E-state index in [1.807, 2.05) is 18.4 Å². The van der Waals surface area contributed by atoms with Crippen LogP contribution in [0.15, 0.2) is 22.5 Å². The zero-order chi connectivity index (χ0) is 20.7. The van der Waals surface area contributed by atoms with Crippen LogP contribution in [-0.2, 0) is 10.2 Å². The minimum Gasteiger partial charge on any atom is -0.355 e. The first-order valence-corrected chi connectivity index (χ1v) is 11.9. The lowest BCUT2D eigenvalue weighted by atomic mass is 9.91. The Balaban J connectivity index is 1.44. The molecule has 0 radical (unpaired) electrons. The van der Waals surface area contributed by atoms with Crippen LogP contribution in [0.4, 0.5) is 0 Å². The molecule has 7 heteroatoms. The van der Waals surface area contributed by atoms with Crippen molar-refractivity contribution in [3.05, 3.63) is 22.4 Å². The fourth-order valence-corrected chi connectivity index (χ4v) is 4.96. The molecule has 1 aromatic heterocycles. The van der Waals surface area contributed by atoms with Gasteiger partial charge in [0.15, 0.2) is 5.96 Å². The van der Waals surface area contributed by atoms with Crippen LogP contribution in [0, 0.1) is 0 Å². The van der Waals surface area contributed by atoms with Gasteiger partial charge in [0.1, 0.15) is 0 Å². The number of hydrogen-bond acceptors (Lipinski definition) is 4. The maximum Gasteiger partial charge on any atom is 0.236 e. The summed E-state index contributed by atoms with van der Waals surface area (Å²) in [5.41, 5.74) is 0.0749. The molecular formula is C22H37N5OS. The van der Waals surface area contributed by atoms with Crippen LogP contribution in [0.3, 0.4) is 0 Å². The first-order chi connectivity index (χ1) is 14.0. The number of nitrogens with one attached hydrogen (secondary N) is 1. The van der Waals surface area contributed by atoms with Crippen LogP contribution < -0.4 is 5.32 Å². The molecule has 29 heavy (non-hydrogen) atoms. The van der Waals surface area contributed by atoms with Gasteiger partial charge in [-0.1, -0.05) is 32.8 Å². The van der Waals surface area contributed by atoms with Crippen LogP contribution in [0.1, 0.15) is 44.4 Å². The molecule has 0 spiro atoms. The summed E-state index contributed by atoms with van der Waals surface area (Å²) in [6.07, 6.45) is 4.84. The van der Waals surface area contributed by atoms with Crippen molar-refractivity contribution in [3.8, 4) is 0 Å². The molecule has 6 nitrogen and oxygen atoms in total. The van der Waals surface area contributed by atoms with Crippen molar-refractivity contribution in [1.82, 2.24) is 20.0 Å². The molecule has 0 saturated carbocycles. The summed E-state index contributed by atoms with van der Waals surface area (Å²) in [4.78, 5) is 25.2. The first kappa shape index (κ1) is 22.1. The predicted octanol–water partition coefficient (Wildman–Crippen LogP) is 2.62. The normalized spacial score (nSPS) is 19.9. The van der Waals surface area contributed by atoms with E-state index in [1.54, 1.807) is 0 Å². The number of carbonyl (C=O) groups excluding carboxylic acids is 1. The van der Waals surface area contributed by atoms with Crippen LogP contribution >= 0.6 is 11.3 Å². The monoisotopic (exact) mass is 419 g/mol. The zero-order valence-corrected chi connectivity index (χ0v) is 19.1. The van der Waals surface area contributed by atoms with E-state index in [4.69, 9.17) is 0 Å². The molecule has 3 rings (SSSR count). The van der Waals surface area contributed by atoms with E-state index in [9.17, 15) is 4.79 Å². The number of piperazine rings is 1. The highest BCUT2D eigenvalue weighted by molar-refractivity contribution is 7.10. The molecule has 0 unspecified atom stereocenters. The van der Waals surface area contributed by atoms with Gasteiger partial charge in [-0.15, -0.1) is 11.3 Å². The zero-order valence-electron chi connectivity index (χ0n) is 18.3. The quantitative estimate of drug-likeness (QED) is 0.589. The molecule has 3 heterocycles. The van der Waals surface area contributed by atoms with E-state index in [-0.39, 0.29) is 5.41 Å². The summed E-state index contributed by atoms with van der Waals surface area (Å²) >= 11 is 1.81. The van der Waals surface area contributed by atoms with Crippen molar-refractivity contribution in [1.29, 1.82) is 0 Å². The van der Waals surface area contributed by atoms with Gasteiger partial charge in [-0.3, -0.25) is 14.7 Å². The topological polar surface area (TPSA) is 51.2 Å². The second-order valence-corrected chi connectivity index (χ2v) is 9.77. The number of aliphatic imine (C=N–C) groups is 1. The van der Waals surface area contributed by atoms with Gasteiger partial charge < -0.3 is 15.1 Å². The molecule has 2 saturated heterocycles. The highest BCUT2D eigenvalue weighted by Crippen LogP contribution is 2.26. The van der Waals surface area contributed by atoms with E-state index in [2.05, 4.69) is 56.4 Å². The number of thiophene rings is 1. The predicted molar refractivity (Wildman–Crippen MR) is 122 cm³/mol. The Morgan fingerprint density at radius 3 is 2.34 bits per heavy atom. The standard InChI is InChI=1S/C22H37N5OS/c1-22(2,19-9-8-16-29-19)18-24-21(23-3)27-14-12-25(13-15-27)17-20(28)26-10-6-4-5-7-11-26/h8-9,16H,4-7,10-15,17-18H2,1-3H3,(H,23,24). The number of hydrogen-bond donors (Lipinski definition) is 1.